The Bertz CT molecular complexity index is 319. The lowest BCUT2D eigenvalue weighted by Gasteiger charge is -2.37. The van der Waals surface area contributed by atoms with E-state index in [4.69, 9.17) is 0 Å². The summed E-state index contributed by atoms with van der Waals surface area (Å²) < 4.78 is 0. The van der Waals surface area contributed by atoms with Gasteiger partial charge in [-0.3, -0.25) is 4.90 Å². The average molecular weight is 297 g/mol. The summed E-state index contributed by atoms with van der Waals surface area (Å²) in [6, 6.07) is 1.29. The molecule has 1 aliphatic carbocycles. The second-order valence-electron chi connectivity index (χ2n) is 7.95. The first-order valence-corrected chi connectivity index (χ1v) is 8.72. The van der Waals surface area contributed by atoms with Gasteiger partial charge < -0.3 is 15.3 Å². The van der Waals surface area contributed by atoms with Crippen molar-refractivity contribution in [3.8, 4) is 0 Å². The molecule has 3 unspecified atom stereocenters. The fourth-order valence-corrected chi connectivity index (χ4v) is 3.76. The first-order chi connectivity index (χ1) is 9.92. The van der Waals surface area contributed by atoms with Crippen LogP contribution in [-0.4, -0.2) is 73.4 Å². The predicted molar refractivity (Wildman–Crippen MR) is 88.6 cm³/mol. The Morgan fingerprint density at radius 1 is 1.33 bits per heavy atom. The second-order valence-corrected chi connectivity index (χ2v) is 7.95. The van der Waals surface area contributed by atoms with Gasteiger partial charge in [0.15, 0.2) is 0 Å². The van der Waals surface area contributed by atoms with E-state index in [1.54, 1.807) is 0 Å². The Morgan fingerprint density at radius 3 is 2.62 bits per heavy atom. The zero-order valence-corrected chi connectivity index (χ0v) is 14.4. The van der Waals surface area contributed by atoms with Gasteiger partial charge in [-0.15, -0.1) is 0 Å². The maximum absolute atomic E-state index is 10.1. The van der Waals surface area contributed by atoms with Gasteiger partial charge in [0.05, 0.1) is 6.10 Å². The molecule has 21 heavy (non-hydrogen) atoms. The van der Waals surface area contributed by atoms with E-state index < -0.39 is 0 Å². The summed E-state index contributed by atoms with van der Waals surface area (Å²) >= 11 is 0. The standard InChI is InChI=1S/C17H35N3O/c1-5-8-17(2,12-18-14-6-7-14)13-20-11-16(21)9-15(20)10-19(3)4/h14-16,18,21H,5-13H2,1-4H3. The second kappa shape index (κ2) is 7.40. The lowest BCUT2D eigenvalue weighted by molar-refractivity contribution is 0.114. The number of β-amino-alcohol motifs (C(OH)–C–C–N with tert-alkyl or cyclic N) is 1. The first-order valence-electron chi connectivity index (χ1n) is 8.72. The normalized spacial score (nSPS) is 30.0. The van der Waals surface area contributed by atoms with Gasteiger partial charge in [0.25, 0.3) is 0 Å². The molecular weight excluding hydrogens is 262 g/mol. The smallest absolute Gasteiger partial charge is 0.0682 e. The third-order valence-electron chi connectivity index (χ3n) is 4.91. The van der Waals surface area contributed by atoms with Crippen LogP contribution < -0.4 is 5.32 Å². The molecule has 1 saturated carbocycles. The molecular formula is C17H35N3O. The van der Waals surface area contributed by atoms with Crippen LogP contribution in [0.4, 0.5) is 0 Å². The van der Waals surface area contributed by atoms with Crippen LogP contribution in [0, 0.1) is 5.41 Å². The highest BCUT2D eigenvalue weighted by molar-refractivity contribution is 4.92. The fraction of sp³-hybridized carbons (Fsp3) is 1.00. The number of aliphatic hydroxyl groups is 1. The van der Waals surface area contributed by atoms with Crippen LogP contribution in [0.3, 0.4) is 0 Å². The third-order valence-corrected chi connectivity index (χ3v) is 4.91. The van der Waals surface area contributed by atoms with E-state index >= 15 is 0 Å². The van der Waals surface area contributed by atoms with Crippen molar-refractivity contribution in [1.82, 2.24) is 15.1 Å². The van der Waals surface area contributed by atoms with E-state index in [0.29, 0.717) is 11.5 Å². The number of nitrogens with zero attached hydrogens (tertiary/aromatic N) is 2. The molecule has 124 valence electrons. The van der Waals surface area contributed by atoms with Crippen molar-refractivity contribution in [2.45, 2.75) is 64.1 Å². The summed E-state index contributed by atoms with van der Waals surface area (Å²) in [5, 5.41) is 13.8. The highest BCUT2D eigenvalue weighted by atomic mass is 16.3. The van der Waals surface area contributed by atoms with Gasteiger partial charge in [0, 0.05) is 38.3 Å². The van der Waals surface area contributed by atoms with E-state index in [1.165, 1.54) is 25.7 Å². The molecule has 0 aromatic heterocycles. The monoisotopic (exact) mass is 297 g/mol. The molecule has 0 radical (unpaired) electrons. The van der Waals surface area contributed by atoms with Crippen LogP contribution in [0.5, 0.6) is 0 Å². The molecule has 1 heterocycles. The zero-order valence-electron chi connectivity index (χ0n) is 14.4. The fourth-order valence-electron chi connectivity index (χ4n) is 3.76. The number of hydrogen-bond acceptors (Lipinski definition) is 4. The van der Waals surface area contributed by atoms with E-state index in [-0.39, 0.29) is 6.10 Å². The Labute approximate surface area is 130 Å². The number of nitrogens with one attached hydrogen (secondary N) is 1. The highest BCUT2D eigenvalue weighted by Crippen LogP contribution is 2.30. The average Bonchev–Trinajstić information content (AvgIpc) is 3.13. The zero-order chi connectivity index (χ0) is 15.5. The van der Waals surface area contributed by atoms with Crippen molar-refractivity contribution >= 4 is 0 Å². The maximum Gasteiger partial charge on any atom is 0.0682 e. The van der Waals surface area contributed by atoms with Crippen molar-refractivity contribution in [2.24, 2.45) is 5.41 Å². The van der Waals surface area contributed by atoms with Crippen molar-refractivity contribution < 1.29 is 5.11 Å². The van der Waals surface area contributed by atoms with Crippen molar-refractivity contribution in [3.63, 3.8) is 0 Å². The molecule has 4 nitrogen and oxygen atoms in total. The minimum Gasteiger partial charge on any atom is -0.392 e. The number of likely N-dealkylation sites (tertiary alicyclic amines) is 1. The first kappa shape index (κ1) is 17.2. The molecule has 2 aliphatic rings. The van der Waals surface area contributed by atoms with Crippen LogP contribution in [0.15, 0.2) is 0 Å². The SMILES string of the molecule is CCCC(C)(CNC1CC1)CN1CC(O)CC1CN(C)C. The number of rotatable bonds is 9. The van der Waals surface area contributed by atoms with Crippen molar-refractivity contribution in [1.29, 1.82) is 0 Å². The molecule has 0 amide bonds. The molecule has 2 rings (SSSR count). The Morgan fingerprint density at radius 2 is 2.05 bits per heavy atom. The predicted octanol–water partition coefficient (Wildman–Crippen LogP) is 1.54. The summed E-state index contributed by atoms with van der Waals surface area (Å²) in [4.78, 5) is 4.78. The summed E-state index contributed by atoms with van der Waals surface area (Å²) in [5.41, 5.74) is 0.325. The van der Waals surface area contributed by atoms with Crippen LogP contribution in [0.1, 0.15) is 46.0 Å². The molecule has 0 spiro atoms. The molecule has 1 saturated heterocycles. The van der Waals surface area contributed by atoms with E-state index in [2.05, 4.69) is 43.1 Å². The van der Waals surface area contributed by atoms with Crippen LogP contribution in [0.2, 0.25) is 0 Å². The van der Waals surface area contributed by atoms with Crippen LogP contribution >= 0.6 is 0 Å². The van der Waals surface area contributed by atoms with Gasteiger partial charge >= 0.3 is 0 Å². The molecule has 3 atom stereocenters. The Hall–Kier alpha value is -0.160. The van der Waals surface area contributed by atoms with Crippen molar-refractivity contribution in [2.75, 3.05) is 40.3 Å². The minimum atomic E-state index is -0.141. The highest BCUT2D eigenvalue weighted by Gasteiger charge is 2.36. The topological polar surface area (TPSA) is 38.7 Å². The van der Waals surface area contributed by atoms with Crippen LogP contribution in [-0.2, 0) is 0 Å². The Kier molecular flexibility index (Phi) is 6.06. The molecule has 0 aromatic rings. The molecule has 4 heteroatoms. The molecule has 0 aromatic carbocycles. The van der Waals surface area contributed by atoms with Gasteiger partial charge in [-0.25, -0.2) is 0 Å². The van der Waals surface area contributed by atoms with Gasteiger partial charge in [-0.1, -0.05) is 20.3 Å². The molecule has 0 bridgehead atoms. The number of likely N-dealkylation sites (N-methyl/N-ethyl adjacent to an activating group) is 1. The molecule has 1 aliphatic heterocycles. The summed E-state index contributed by atoms with van der Waals surface area (Å²) in [5.74, 6) is 0. The van der Waals surface area contributed by atoms with E-state index in [0.717, 1.165) is 38.6 Å². The quantitative estimate of drug-likeness (QED) is 0.677. The Balaban J connectivity index is 1.92. The minimum absolute atomic E-state index is 0.141. The lowest BCUT2D eigenvalue weighted by atomic mass is 9.84. The summed E-state index contributed by atoms with van der Waals surface area (Å²) in [7, 11) is 4.26. The number of aliphatic hydroxyl groups excluding tert-OH is 1. The molecule has 2 N–H and O–H groups in total. The third kappa shape index (κ3) is 5.51. The van der Waals surface area contributed by atoms with E-state index in [9.17, 15) is 5.11 Å². The largest absolute Gasteiger partial charge is 0.392 e. The summed E-state index contributed by atoms with van der Waals surface area (Å²) in [6.07, 6.45) is 5.99. The van der Waals surface area contributed by atoms with Gasteiger partial charge in [-0.2, -0.15) is 0 Å². The van der Waals surface area contributed by atoms with Crippen molar-refractivity contribution in [3.05, 3.63) is 0 Å². The van der Waals surface area contributed by atoms with E-state index in [1.807, 2.05) is 0 Å². The summed E-state index contributed by atoms with van der Waals surface area (Å²) in [6.45, 7) is 8.83. The molecule has 2 fully saturated rings. The number of hydrogen-bond donors (Lipinski definition) is 2. The van der Waals surface area contributed by atoms with Gasteiger partial charge in [-0.05, 0) is 45.2 Å². The van der Waals surface area contributed by atoms with Gasteiger partial charge in [0.2, 0.25) is 0 Å². The van der Waals surface area contributed by atoms with Gasteiger partial charge in [0.1, 0.15) is 0 Å². The maximum atomic E-state index is 10.1. The van der Waals surface area contributed by atoms with Crippen LogP contribution in [0.25, 0.3) is 0 Å². The lowest BCUT2D eigenvalue weighted by Crippen LogP contribution is -2.47.